The van der Waals surface area contributed by atoms with Gasteiger partial charge in [-0.1, -0.05) is 40.2 Å². The zero-order chi connectivity index (χ0) is 26.8. The van der Waals surface area contributed by atoms with Crippen LogP contribution in [0.5, 0.6) is 0 Å². The van der Waals surface area contributed by atoms with E-state index in [1.807, 2.05) is 25.1 Å². The maximum absolute atomic E-state index is 8.35. The van der Waals surface area contributed by atoms with Gasteiger partial charge in [-0.2, -0.15) is 5.26 Å². The highest BCUT2D eigenvalue weighted by molar-refractivity contribution is 5.21. The van der Waals surface area contributed by atoms with Crippen LogP contribution in [0.2, 0.25) is 0 Å². The standard InChI is InChI=1S/C27H49N.C7H6N2/c1-7-18(2)16-26(4)14-12-21-20(17-26)8-9-23-22(21)13-15-27(5)24(19(3)28-6)10-11-25(23)27;1-6-3-2-4-7(5-8)9-6/h18-25,28H,7-17H2,1-6H3;2-4H,1H3/t18-,19?,20+,21?,22+,23+,24?,25-,26?,27?;/m0./s1. The molecule has 4 aliphatic rings. The van der Waals surface area contributed by atoms with Gasteiger partial charge in [-0.15, -0.1) is 0 Å². The number of nitrogens with one attached hydrogen (secondary N) is 1. The number of nitrogens with zero attached hydrogens (tertiary/aromatic N) is 2. The molecule has 0 bridgehead atoms. The fourth-order valence-corrected chi connectivity index (χ4v) is 10.0. The predicted octanol–water partition coefficient (Wildman–Crippen LogP) is 8.57. The fraction of sp³-hybridized carbons (Fsp3) is 0.824. The molecule has 0 aromatic carbocycles. The lowest BCUT2D eigenvalue weighted by atomic mass is 9.47. The van der Waals surface area contributed by atoms with Gasteiger partial charge in [-0.05, 0) is 149 Å². The Labute approximate surface area is 228 Å². The van der Waals surface area contributed by atoms with Gasteiger partial charge in [0.1, 0.15) is 11.8 Å². The van der Waals surface area contributed by atoms with Crippen molar-refractivity contribution < 1.29 is 0 Å². The number of aryl methyl sites for hydroxylation is 1. The summed E-state index contributed by atoms with van der Waals surface area (Å²) in [6.07, 6.45) is 16.6. The van der Waals surface area contributed by atoms with Gasteiger partial charge >= 0.3 is 0 Å². The van der Waals surface area contributed by atoms with Gasteiger partial charge in [-0.3, -0.25) is 0 Å². The van der Waals surface area contributed by atoms with Crippen molar-refractivity contribution in [2.75, 3.05) is 7.05 Å². The average molecular weight is 506 g/mol. The van der Waals surface area contributed by atoms with E-state index in [9.17, 15) is 0 Å². The highest BCUT2D eigenvalue weighted by Gasteiger charge is 2.58. The fourth-order valence-electron chi connectivity index (χ4n) is 10.0. The largest absolute Gasteiger partial charge is 0.317 e. The van der Waals surface area contributed by atoms with E-state index in [1.165, 1.54) is 38.5 Å². The second-order valence-electron chi connectivity index (χ2n) is 14.3. The number of hydrogen-bond acceptors (Lipinski definition) is 3. The van der Waals surface area contributed by atoms with Crippen molar-refractivity contribution in [3.05, 3.63) is 29.6 Å². The molecule has 10 atom stereocenters. The second-order valence-corrected chi connectivity index (χ2v) is 14.3. The van der Waals surface area contributed by atoms with E-state index in [0.717, 1.165) is 47.1 Å². The van der Waals surface area contributed by atoms with Crippen LogP contribution in [0.15, 0.2) is 18.2 Å². The van der Waals surface area contributed by atoms with Gasteiger partial charge in [0.15, 0.2) is 0 Å². The second kappa shape index (κ2) is 11.8. The Morgan fingerprint density at radius 1 is 1.03 bits per heavy atom. The van der Waals surface area contributed by atoms with Crippen LogP contribution in [0.1, 0.15) is 117 Å². The van der Waals surface area contributed by atoms with Crippen LogP contribution in [-0.4, -0.2) is 18.1 Å². The molecule has 0 aliphatic heterocycles. The van der Waals surface area contributed by atoms with Crippen molar-refractivity contribution >= 4 is 0 Å². The van der Waals surface area contributed by atoms with Gasteiger partial charge in [0.25, 0.3) is 0 Å². The molecule has 1 heterocycles. The minimum absolute atomic E-state index is 0.481. The van der Waals surface area contributed by atoms with Crippen molar-refractivity contribution in [1.29, 1.82) is 5.26 Å². The first kappa shape index (κ1) is 28.6. The number of rotatable bonds is 5. The molecular formula is C34H55N3. The molecule has 3 nitrogen and oxygen atoms in total. The SMILES string of the molecule is CC[C@H](C)CC1(C)CCC2[C@H](CC[C@@H]3[C@@H]2CCC2(C)C(C(C)NC)CC[C@@H]32)C1.Cc1cccc(C#N)n1. The highest BCUT2D eigenvalue weighted by Crippen LogP contribution is 2.65. The van der Waals surface area contributed by atoms with Crippen LogP contribution >= 0.6 is 0 Å². The normalized spacial score (nSPS) is 40.2. The van der Waals surface area contributed by atoms with Crippen LogP contribution in [-0.2, 0) is 0 Å². The molecule has 0 amide bonds. The lowest BCUT2D eigenvalue weighted by molar-refractivity contribution is -0.0825. The average Bonchev–Trinajstić information content (AvgIpc) is 3.25. The lowest BCUT2D eigenvalue weighted by Crippen LogP contribution is -2.51. The van der Waals surface area contributed by atoms with E-state index in [-0.39, 0.29) is 0 Å². The van der Waals surface area contributed by atoms with Crippen molar-refractivity contribution in [2.24, 2.45) is 52.3 Å². The number of pyridine rings is 1. The lowest BCUT2D eigenvalue weighted by Gasteiger charge is -2.58. The van der Waals surface area contributed by atoms with E-state index < -0.39 is 0 Å². The van der Waals surface area contributed by atoms with E-state index in [2.05, 4.69) is 52.0 Å². The van der Waals surface area contributed by atoms with E-state index in [0.29, 0.717) is 22.6 Å². The van der Waals surface area contributed by atoms with Crippen LogP contribution in [0.4, 0.5) is 0 Å². The topological polar surface area (TPSA) is 48.7 Å². The number of nitriles is 1. The molecule has 4 aliphatic carbocycles. The van der Waals surface area contributed by atoms with E-state index in [1.54, 1.807) is 38.2 Å². The summed E-state index contributed by atoms with van der Waals surface area (Å²) in [4.78, 5) is 3.93. The maximum Gasteiger partial charge on any atom is 0.140 e. The van der Waals surface area contributed by atoms with Crippen LogP contribution < -0.4 is 5.32 Å². The maximum atomic E-state index is 8.35. The predicted molar refractivity (Wildman–Crippen MR) is 155 cm³/mol. The summed E-state index contributed by atoms with van der Waals surface area (Å²) >= 11 is 0. The third-order valence-electron chi connectivity index (χ3n) is 12.0. The minimum Gasteiger partial charge on any atom is -0.317 e. The molecule has 4 fully saturated rings. The van der Waals surface area contributed by atoms with Crippen LogP contribution in [0, 0.1) is 70.5 Å². The number of aromatic nitrogens is 1. The van der Waals surface area contributed by atoms with Crippen molar-refractivity contribution in [2.45, 2.75) is 118 Å². The van der Waals surface area contributed by atoms with E-state index >= 15 is 0 Å². The van der Waals surface area contributed by atoms with Crippen molar-refractivity contribution in [1.82, 2.24) is 10.3 Å². The first-order chi connectivity index (χ1) is 17.6. The Kier molecular flexibility index (Phi) is 9.10. The summed E-state index contributed by atoms with van der Waals surface area (Å²) in [6, 6.07) is 8.02. The third kappa shape index (κ3) is 5.95. The van der Waals surface area contributed by atoms with Gasteiger partial charge < -0.3 is 5.32 Å². The summed E-state index contributed by atoms with van der Waals surface area (Å²) in [5, 5.41) is 12.0. The molecule has 0 saturated heterocycles. The van der Waals surface area contributed by atoms with Gasteiger partial charge in [0.05, 0.1) is 0 Å². The van der Waals surface area contributed by atoms with E-state index in [4.69, 9.17) is 5.26 Å². The summed E-state index contributed by atoms with van der Waals surface area (Å²) in [7, 11) is 2.18. The third-order valence-corrected chi connectivity index (χ3v) is 12.0. The first-order valence-electron chi connectivity index (χ1n) is 15.6. The first-order valence-corrected chi connectivity index (χ1v) is 15.6. The number of fused-ring (bicyclic) bond motifs is 5. The Bertz CT molecular complexity index is 935. The number of hydrogen-bond donors (Lipinski definition) is 1. The molecule has 206 valence electrons. The minimum atomic E-state index is 0.481. The highest BCUT2D eigenvalue weighted by atomic mass is 14.9. The molecule has 1 aromatic rings. The molecule has 1 N–H and O–H groups in total. The Morgan fingerprint density at radius 3 is 2.43 bits per heavy atom. The zero-order valence-electron chi connectivity index (χ0n) is 25.0. The smallest absolute Gasteiger partial charge is 0.140 e. The molecule has 0 spiro atoms. The Balaban J connectivity index is 0.000000301. The molecule has 37 heavy (non-hydrogen) atoms. The molecule has 3 heteroatoms. The molecule has 5 unspecified atom stereocenters. The molecule has 1 aromatic heterocycles. The quantitative estimate of drug-likeness (QED) is 0.436. The summed E-state index contributed by atoms with van der Waals surface area (Å²) in [5.74, 6) is 7.13. The molecule has 4 saturated carbocycles. The van der Waals surface area contributed by atoms with Gasteiger partial charge in [0.2, 0.25) is 0 Å². The Morgan fingerprint density at radius 2 is 1.78 bits per heavy atom. The van der Waals surface area contributed by atoms with Crippen molar-refractivity contribution in [3.8, 4) is 6.07 Å². The molecule has 5 rings (SSSR count). The summed E-state index contributed by atoms with van der Waals surface area (Å²) in [5.41, 5.74) is 2.63. The summed E-state index contributed by atoms with van der Waals surface area (Å²) < 4.78 is 0. The van der Waals surface area contributed by atoms with Crippen LogP contribution in [0.3, 0.4) is 0 Å². The summed E-state index contributed by atoms with van der Waals surface area (Å²) in [6.45, 7) is 14.5. The Hall–Kier alpha value is -1.40. The monoisotopic (exact) mass is 505 g/mol. The molecular weight excluding hydrogens is 450 g/mol. The van der Waals surface area contributed by atoms with Crippen LogP contribution in [0.25, 0.3) is 0 Å². The van der Waals surface area contributed by atoms with Crippen molar-refractivity contribution in [3.63, 3.8) is 0 Å². The zero-order valence-corrected chi connectivity index (χ0v) is 25.0. The molecule has 0 radical (unpaired) electrons. The van der Waals surface area contributed by atoms with Gasteiger partial charge in [0, 0.05) is 11.7 Å². The van der Waals surface area contributed by atoms with Gasteiger partial charge in [-0.25, -0.2) is 4.98 Å².